The Kier molecular flexibility index (Phi) is 3.06. The number of aromatic nitrogens is 2. The van der Waals surface area contributed by atoms with Crippen LogP contribution in [0.5, 0.6) is 0 Å². The van der Waals surface area contributed by atoms with Gasteiger partial charge in [-0.15, -0.1) is 0 Å². The molecule has 0 aliphatic carbocycles. The SMILES string of the molecule is Cc1cc(C#N)cc(-n2ccc(-c3ccccn3)c2)c1. The van der Waals surface area contributed by atoms with Gasteiger partial charge >= 0.3 is 0 Å². The molecular weight excluding hydrogens is 246 g/mol. The lowest BCUT2D eigenvalue weighted by Crippen LogP contribution is -1.92. The van der Waals surface area contributed by atoms with Crippen molar-refractivity contribution in [1.29, 1.82) is 5.26 Å². The van der Waals surface area contributed by atoms with Gasteiger partial charge in [-0.05, 0) is 48.9 Å². The summed E-state index contributed by atoms with van der Waals surface area (Å²) in [6, 6.07) is 15.9. The predicted octanol–water partition coefficient (Wildman–Crippen LogP) is 3.72. The zero-order valence-electron chi connectivity index (χ0n) is 11.1. The molecule has 0 aliphatic rings. The van der Waals surface area contributed by atoms with Crippen LogP contribution in [0.2, 0.25) is 0 Å². The van der Waals surface area contributed by atoms with Crippen LogP contribution in [0.25, 0.3) is 16.9 Å². The van der Waals surface area contributed by atoms with E-state index in [1.165, 1.54) is 0 Å². The molecule has 0 saturated heterocycles. The lowest BCUT2D eigenvalue weighted by molar-refractivity contribution is 1.07. The molecule has 0 unspecified atom stereocenters. The van der Waals surface area contributed by atoms with Crippen molar-refractivity contribution < 1.29 is 0 Å². The summed E-state index contributed by atoms with van der Waals surface area (Å²) in [7, 11) is 0. The lowest BCUT2D eigenvalue weighted by Gasteiger charge is -2.05. The second-order valence-corrected chi connectivity index (χ2v) is 4.69. The first-order valence-corrected chi connectivity index (χ1v) is 6.38. The number of hydrogen-bond donors (Lipinski definition) is 0. The van der Waals surface area contributed by atoms with E-state index in [2.05, 4.69) is 17.1 Å². The summed E-state index contributed by atoms with van der Waals surface area (Å²) in [5, 5.41) is 9.05. The largest absolute Gasteiger partial charge is 0.323 e. The standard InChI is InChI=1S/C17H13N3/c1-13-8-14(11-18)10-16(9-13)20-7-5-15(12-20)17-4-2-3-6-19-17/h2-10,12H,1H3. The van der Waals surface area contributed by atoms with E-state index in [-0.39, 0.29) is 0 Å². The zero-order chi connectivity index (χ0) is 13.9. The van der Waals surface area contributed by atoms with Crippen LogP contribution in [0.15, 0.2) is 61.1 Å². The van der Waals surface area contributed by atoms with E-state index < -0.39 is 0 Å². The molecule has 3 rings (SSSR count). The highest BCUT2D eigenvalue weighted by molar-refractivity contribution is 5.59. The van der Waals surface area contributed by atoms with Crippen LogP contribution in [0.3, 0.4) is 0 Å². The van der Waals surface area contributed by atoms with E-state index in [1.807, 2.05) is 60.3 Å². The normalized spacial score (nSPS) is 10.2. The van der Waals surface area contributed by atoms with Gasteiger partial charge in [-0.25, -0.2) is 0 Å². The summed E-state index contributed by atoms with van der Waals surface area (Å²) in [6.07, 6.45) is 5.80. The van der Waals surface area contributed by atoms with Gasteiger partial charge in [0.1, 0.15) is 0 Å². The topological polar surface area (TPSA) is 41.6 Å². The zero-order valence-corrected chi connectivity index (χ0v) is 11.1. The third-order valence-corrected chi connectivity index (χ3v) is 3.14. The second-order valence-electron chi connectivity index (χ2n) is 4.69. The van der Waals surface area contributed by atoms with Crippen molar-refractivity contribution in [1.82, 2.24) is 9.55 Å². The molecule has 0 aliphatic heterocycles. The second kappa shape index (κ2) is 5.02. The van der Waals surface area contributed by atoms with Crippen molar-refractivity contribution in [3.05, 3.63) is 72.2 Å². The quantitative estimate of drug-likeness (QED) is 0.703. The van der Waals surface area contributed by atoms with Gasteiger partial charge in [0.25, 0.3) is 0 Å². The van der Waals surface area contributed by atoms with E-state index in [4.69, 9.17) is 5.26 Å². The Balaban J connectivity index is 2.03. The van der Waals surface area contributed by atoms with Crippen LogP contribution < -0.4 is 0 Å². The van der Waals surface area contributed by atoms with Crippen molar-refractivity contribution in [2.45, 2.75) is 6.92 Å². The van der Waals surface area contributed by atoms with Gasteiger partial charge in [0.15, 0.2) is 0 Å². The first kappa shape index (κ1) is 12.2. The molecule has 0 atom stereocenters. The van der Waals surface area contributed by atoms with Crippen LogP contribution in [0.1, 0.15) is 11.1 Å². The molecule has 3 aromatic rings. The molecule has 0 saturated carbocycles. The van der Waals surface area contributed by atoms with Crippen LogP contribution in [-0.2, 0) is 0 Å². The van der Waals surface area contributed by atoms with Gasteiger partial charge in [0, 0.05) is 29.8 Å². The summed E-state index contributed by atoms with van der Waals surface area (Å²) in [5.74, 6) is 0. The summed E-state index contributed by atoms with van der Waals surface area (Å²) >= 11 is 0. The smallest absolute Gasteiger partial charge is 0.0992 e. The van der Waals surface area contributed by atoms with Gasteiger partial charge < -0.3 is 4.57 Å². The maximum Gasteiger partial charge on any atom is 0.0992 e. The molecular formula is C17H13N3. The van der Waals surface area contributed by atoms with E-state index in [9.17, 15) is 0 Å². The van der Waals surface area contributed by atoms with E-state index in [0.29, 0.717) is 5.56 Å². The first-order chi connectivity index (χ1) is 9.76. The van der Waals surface area contributed by atoms with Crippen molar-refractivity contribution in [3.63, 3.8) is 0 Å². The van der Waals surface area contributed by atoms with Crippen LogP contribution in [-0.4, -0.2) is 9.55 Å². The fraction of sp³-hybridized carbons (Fsp3) is 0.0588. The molecule has 1 aromatic carbocycles. The number of benzene rings is 1. The van der Waals surface area contributed by atoms with Gasteiger partial charge in [0.05, 0.1) is 17.3 Å². The highest BCUT2D eigenvalue weighted by Gasteiger charge is 2.04. The average molecular weight is 259 g/mol. The Morgan fingerprint density at radius 2 is 2.05 bits per heavy atom. The van der Waals surface area contributed by atoms with Crippen molar-refractivity contribution in [3.8, 4) is 23.0 Å². The number of aryl methyl sites for hydroxylation is 1. The average Bonchev–Trinajstić information content (AvgIpc) is 2.97. The van der Waals surface area contributed by atoms with Gasteiger partial charge in [0.2, 0.25) is 0 Å². The number of rotatable bonds is 2. The van der Waals surface area contributed by atoms with Crippen LogP contribution >= 0.6 is 0 Å². The van der Waals surface area contributed by atoms with Crippen molar-refractivity contribution in [2.24, 2.45) is 0 Å². The van der Waals surface area contributed by atoms with Crippen LogP contribution in [0, 0.1) is 18.3 Å². The minimum Gasteiger partial charge on any atom is -0.323 e. The predicted molar refractivity (Wildman–Crippen MR) is 78.5 cm³/mol. The maximum atomic E-state index is 9.05. The fourth-order valence-electron chi connectivity index (χ4n) is 2.22. The van der Waals surface area contributed by atoms with Crippen LogP contribution in [0.4, 0.5) is 0 Å². The van der Waals surface area contributed by atoms with Gasteiger partial charge in [-0.1, -0.05) is 6.07 Å². The van der Waals surface area contributed by atoms with E-state index in [1.54, 1.807) is 6.20 Å². The number of pyridine rings is 1. The van der Waals surface area contributed by atoms with E-state index >= 15 is 0 Å². The summed E-state index contributed by atoms with van der Waals surface area (Å²) in [5.41, 5.74) is 4.74. The number of nitrogens with zero attached hydrogens (tertiary/aromatic N) is 3. The molecule has 20 heavy (non-hydrogen) atoms. The Hall–Kier alpha value is -2.86. The molecule has 3 nitrogen and oxygen atoms in total. The van der Waals surface area contributed by atoms with Gasteiger partial charge in [-0.3, -0.25) is 4.98 Å². The number of hydrogen-bond acceptors (Lipinski definition) is 2. The first-order valence-electron chi connectivity index (χ1n) is 6.38. The summed E-state index contributed by atoms with van der Waals surface area (Å²) in [6.45, 7) is 1.99. The summed E-state index contributed by atoms with van der Waals surface area (Å²) < 4.78 is 2.01. The molecule has 0 fully saturated rings. The molecule has 0 N–H and O–H groups in total. The molecule has 0 spiro atoms. The Labute approximate surface area is 117 Å². The molecule has 3 heteroatoms. The summed E-state index contributed by atoms with van der Waals surface area (Å²) in [4.78, 5) is 4.34. The number of nitriles is 1. The molecule has 2 heterocycles. The van der Waals surface area contributed by atoms with Crippen molar-refractivity contribution in [2.75, 3.05) is 0 Å². The highest BCUT2D eigenvalue weighted by atomic mass is 14.9. The minimum absolute atomic E-state index is 0.674. The fourth-order valence-corrected chi connectivity index (χ4v) is 2.22. The third kappa shape index (κ3) is 2.32. The maximum absolute atomic E-state index is 9.05. The monoisotopic (exact) mass is 259 g/mol. The highest BCUT2D eigenvalue weighted by Crippen LogP contribution is 2.20. The molecule has 0 radical (unpaired) electrons. The van der Waals surface area contributed by atoms with Crippen molar-refractivity contribution >= 4 is 0 Å². The Morgan fingerprint density at radius 1 is 1.15 bits per heavy atom. The third-order valence-electron chi connectivity index (χ3n) is 3.14. The Bertz CT molecular complexity index is 779. The Morgan fingerprint density at radius 3 is 2.80 bits per heavy atom. The van der Waals surface area contributed by atoms with Gasteiger partial charge in [-0.2, -0.15) is 5.26 Å². The molecule has 0 bridgehead atoms. The van der Waals surface area contributed by atoms with E-state index in [0.717, 1.165) is 22.5 Å². The lowest BCUT2D eigenvalue weighted by atomic mass is 10.1. The molecule has 2 aromatic heterocycles. The molecule has 96 valence electrons. The minimum atomic E-state index is 0.674. The molecule has 0 amide bonds.